The highest BCUT2D eigenvalue weighted by molar-refractivity contribution is 7.47. The normalized spacial score (nSPS) is 14.4. The Morgan fingerprint density at radius 3 is 1.34 bits per heavy atom. The van der Waals surface area contributed by atoms with Crippen molar-refractivity contribution in [3.05, 3.63) is 97.2 Å². The van der Waals surface area contributed by atoms with Crippen molar-refractivity contribution in [3.63, 3.8) is 0 Å². The molecular formula is C53H88NO10P. The van der Waals surface area contributed by atoms with Crippen molar-refractivity contribution in [3.8, 4) is 0 Å². The molecule has 3 unspecified atom stereocenters. The minimum Gasteiger partial charge on any atom is -0.480 e. The van der Waals surface area contributed by atoms with Gasteiger partial charge in [-0.2, -0.15) is 0 Å². The number of amides is 1. The number of carbonyl (C=O) groups is 3. The van der Waals surface area contributed by atoms with Gasteiger partial charge in [-0.25, -0.2) is 9.36 Å². The number of rotatable bonds is 45. The van der Waals surface area contributed by atoms with Crippen molar-refractivity contribution in [2.24, 2.45) is 0 Å². The standard InChI is InChI=1S/C53H88NO10P/c1-3-5-7-9-11-13-15-17-19-21-23-24-25-26-27-28-30-32-34-36-38-40-42-44-51(56)54-50(53(58)59)48-64-65(60,61)63-47-49(55)46-62-52(57)45-43-41-39-37-35-33-31-29-22-20-18-16-14-12-10-8-6-4-2/h5,7,11,13-14,16-17,19-20,22-24,26-27,30,32,49-50,55H,3-4,6,8-10,12,15,18,21,25,28-29,31,33-48H2,1-2H3,(H,54,56)(H,58,59)(H,60,61)/b7-5-,13-11-,16-14-,19-17-,22-20-,24-23-,27-26-,32-30-. The average Bonchev–Trinajstić information content (AvgIpc) is 3.28. The molecule has 0 saturated heterocycles. The minimum absolute atomic E-state index is 0.109. The summed E-state index contributed by atoms with van der Waals surface area (Å²) in [6, 6.07) is -1.57. The highest BCUT2D eigenvalue weighted by Crippen LogP contribution is 2.43. The molecule has 0 radical (unpaired) electrons. The summed E-state index contributed by atoms with van der Waals surface area (Å²) in [5.74, 6) is -2.43. The number of phosphoric acid groups is 1. The van der Waals surface area contributed by atoms with E-state index < -0.39 is 57.6 Å². The molecule has 11 nitrogen and oxygen atoms in total. The number of aliphatic carboxylic acids is 1. The van der Waals surface area contributed by atoms with Crippen LogP contribution >= 0.6 is 7.82 Å². The molecule has 0 aliphatic rings. The first kappa shape index (κ1) is 61.4. The van der Waals surface area contributed by atoms with Crippen LogP contribution in [0.3, 0.4) is 0 Å². The quantitative estimate of drug-likeness (QED) is 0.0200. The number of carbonyl (C=O) groups excluding carboxylic acids is 2. The van der Waals surface area contributed by atoms with E-state index in [0.29, 0.717) is 12.8 Å². The second-order valence-electron chi connectivity index (χ2n) is 16.3. The second kappa shape index (κ2) is 46.9. The maximum absolute atomic E-state index is 12.4. The van der Waals surface area contributed by atoms with Crippen LogP contribution in [0.4, 0.5) is 0 Å². The number of hydrogen-bond acceptors (Lipinski definition) is 8. The molecule has 0 aliphatic carbocycles. The Morgan fingerprint density at radius 1 is 0.508 bits per heavy atom. The molecule has 0 rings (SSSR count). The van der Waals surface area contributed by atoms with Gasteiger partial charge >= 0.3 is 19.8 Å². The third-order valence-corrected chi connectivity index (χ3v) is 11.1. The van der Waals surface area contributed by atoms with Crippen molar-refractivity contribution in [1.29, 1.82) is 0 Å². The molecule has 0 aliphatic heterocycles. The molecule has 4 N–H and O–H groups in total. The van der Waals surface area contributed by atoms with Gasteiger partial charge in [0, 0.05) is 12.8 Å². The lowest BCUT2D eigenvalue weighted by atomic mass is 10.1. The number of aliphatic hydroxyl groups is 1. The first-order chi connectivity index (χ1) is 31.6. The van der Waals surface area contributed by atoms with Crippen molar-refractivity contribution < 1.29 is 47.8 Å². The summed E-state index contributed by atoms with van der Waals surface area (Å²) in [6.45, 7) is 2.44. The van der Waals surface area contributed by atoms with E-state index >= 15 is 0 Å². The first-order valence-corrected chi connectivity index (χ1v) is 26.3. The van der Waals surface area contributed by atoms with Gasteiger partial charge in [-0.1, -0.05) is 175 Å². The maximum atomic E-state index is 12.4. The number of nitrogens with one attached hydrogen (secondary N) is 1. The smallest absolute Gasteiger partial charge is 0.472 e. The van der Waals surface area contributed by atoms with E-state index in [1.807, 2.05) is 0 Å². The Morgan fingerprint density at radius 2 is 0.892 bits per heavy atom. The van der Waals surface area contributed by atoms with Crippen molar-refractivity contribution in [1.82, 2.24) is 5.32 Å². The van der Waals surface area contributed by atoms with Crippen LogP contribution in [0.2, 0.25) is 0 Å². The number of phosphoric ester groups is 1. The summed E-state index contributed by atoms with van der Waals surface area (Å²) in [5, 5.41) is 21.9. The third-order valence-electron chi connectivity index (χ3n) is 10.1. The van der Waals surface area contributed by atoms with E-state index in [-0.39, 0.29) is 12.8 Å². The highest BCUT2D eigenvalue weighted by atomic mass is 31.2. The predicted octanol–water partition coefficient (Wildman–Crippen LogP) is 13.6. The number of unbranched alkanes of at least 4 members (excludes halogenated alkanes) is 15. The molecule has 0 aromatic carbocycles. The Hall–Kier alpha value is -3.60. The fourth-order valence-electron chi connectivity index (χ4n) is 6.29. The van der Waals surface area contributed by atoms with Crippen LogP contribution in [-0.4, -0.2) is 64.9 Å². The van der Waals surface area contributed by atoms with Crippen LogP contribution in [0, 0.1) is 0 Å². The molecule has 370 valence electrons. The van der Waals surface area contributed by atoms with E-state index in [2.05, 4.69) is 116 Å². The second-order valence-corrected chi connectivity index (χ2v) is 17.7. The molecular weight excluding hydrogens is 842 g/mol. The van der Waals surface area contributed by atoms with Gasteiger partial charge in [0.05, 0.1) is 13.2 Å². The molecule has 0 aromatic heterocycles. The largest absolute Gasteiger partial charge is 0.480 e. The highest BCUT2D eigenvalue weighted by Gasteiger charge is 2.28. The molecule has 0 saturated carbocycles. The summed E-state index contributed by atoms with van der Waals surface area (Å²) < 4.78 is 26.9. The number of carboxylic acids is 1. The van der Waals surface area contributed by atoms with Crippen LogP contribution < -0.4 is 5.32 Å². The van der Waals surface area contributed by atoms with Gasteiger partial charge in [0.15, 0.2) is 6.04 Å². The summed E-state index contributed by atoms with van der Waals surface area (Å²) in [6.07, 6.45) is 59.9. The van der Waals surface area contributed by atoms with Gasteiger partial charge in [-0.3, -0.25) is 18.6 Å². The van der Waals surface area contributed by atoms with E-state index in [4.69, 9.17) is 13.8 Å². The van der Waals surface area contributed by atoms with Gasteiger partial charge in [-0.05, 0) is 96.3 Å². The van der Waals surface area contributed by atoms with Crippen LogP contribution in [-0.2, 0) is 32.7 Å². The zero-order valence-electron chi connectivity index (χ0n) is 40.3. The Bertz CT molecular complexity index is 1460. The molecule has 0 fully saturated rings. The molecule has 12 heteroatoms. The first-order valence-electron chi connectivity index (χ1n) is 24.8. The monoisotopic (exact) mass is 930 g/mol. The van der Waals surface area contributed by atoms with Crippen LogP contribution in [0.5, 0.6) is 0 Å². The lowest BCUT2D eigenvalue weighted by Crippen LogP contribution is -2.43. The van der Waals surface area contributed by atoms with E-state index in [1.165, 1.54) is 51.4 Å². The van der Waals surface area contributed by atoms with Gasteiger partial charge in [-0.15, -0.1) is 0 Å². The van der Waals surface area contributed by atoms with Crippen LogP contribution in [0.15, 0.2) is 97.2 Å². The summed E-state index contributed by atoms with van der Waals surface area (Å²) in [5.41, 5.74) is 0. The topological polar surface area (TPSA) is 169 Å². The molecule has 0 bridgehead atoms. The van der Waals surface area contributed by atoms with E-state index in [9.17, 15) is 34.1 Å². The number of carboxylic acid groups (broad SMARTS) is 1. The van der Waals surface area contributed by atoms with Gasteiger partial charge < -0.3 is 25.2 Å². The molecule has 1 amide bonds. The van der Waals surface area contributed by atoms with Gasteiger partial charge in [0.25, 0.3) is 0 Å². The maximum Gasteiger partial charge on any atom is 0.472 e. The number of allylic oxidation sites excluding steroid dienone is 16. The number of esters is 1. The fraction of sp³-hybridized carbons (Fsp3) is 0.642. The fourth-order valence-corrected chi connectivity index (χ4v) is 7.06. The Labute approximate surface area is 394 Å². The number of ether oxygens (including phenoxy) is 1. The minimum atomic E-state index is -4.78. The Kier molecular flexibility index (Phi) is 44.3. The summed E-state index contributed by atoms with van der Waals surface area (Å²) in [4.78, 5) is 46.1. The van der Waals surface area contributed by atoms with Crippen molar-refractivity contribution >= 4 is 25.7 Å². The molecule has 0 aromatic rings. The van der Waals surface area contributed by atoms with Crippen molar-refractivity contribution in [2.45, 2.75) is 199 Å². The third kappa shape index (κ3) is 46.7. The van der Waals surface area contributed by atoms with Crippen LogP contribution in [0.1, 0.15) is 187 Å². The summed E-state index contributed by atoms with van der Waals surface area (Å²) >= 11 is 0. The summed E-state index contributed by atoms with van der Waals surface area (Å²) in [7, 11) is -4.78. The van der Waals surface area contributed by atoms with Gasteiger partial charge in [0.2, 0.25) is 5.91 Å². The number of hydrogen-bond donors (Lipinski definition) is 4. The predicted molar refractivity (Wildman–Crippen MR) is 267 cm³/mol. The molecule has 3 atom stereocenters. The molecule has 65 heavy (non-hydrogen) atoms. The SMILES string of the molecule is CC/C=C\C/C=C\C/C=C\C/C=C\C/C=C\C/C=C\CCCCCCC(=O)NC(COP(=O)(O)OCC(O)COC(=O)CCCCCCCCC/C=C\C/C=C\CCCCCC)C(=O)O. The van der Waals surface area contributed by atoms with Crippen LogP contribution in [0.25, 0.3) is 0 Å². The Balaban J connectivity index is 3.94. The van der Waals surface area contributed by atoms with Crippen molar-refractivity contribution in [2.75, 3.05) is 19.8 Å². The zero-order valence-corrected chi connectivity index (χ0v) is 41.1. The van der Waals surface area contributed by atoms with E-state index in [1.54, 1.807) is 0 Å². The average molecular weight is 930 g/mol. The number of aliphatic hydroxyl groups excluding tert-OH is 1. The zero-order chi connectivity index (χ0) is 47.7. The van der Waals surface area contributed by atoms with Gasteiger partial charge in [0.1, 0.15) is 12.7 Å². The lowest BCUT2D eigenvalue weighted by molar-refractivity contribution is -0.147. The lowest BCUT2D eigenvalue weighted by Gasteiger charge is -2.18. The molecule has 0 spiro atoms. The molecule has 0 heterocycles. The van der Waals surface area contributed by atoms with E-state index in [0.717, 1.165) is 96.3 Å².